The van der Waals surface area contributed by atoms with Crippen molar-refractivity contribution in [1.29, 1.82) is 0 Å². The minimum atomic E-state index is -1.24. The van der Waals surface area contributed by atoms with E-state index >= 15 is 0 Å². The second-order valence-corrected chi connectivity index (χ2v) is 3.98. The Kier molecular flexibility index (Phi) is 2.95. The van der Waals surface area contributed by atoms with Gasteiger partial charge in [-0.05, 0) is 12.1 Å². The summed E-state index contributed by atoms with van der Waals surface area (Å²) in [6.07, 6.45) is 1.10. The van der Waals surface area contributed by atoms with Crippen LogP contribution in [0, 0.1) is 0 Å². The molecule has 0 saturated heterocycles. The largest absolute Gasteiger partial charge is 0.477 e. The van der Waals surface area contributed by atoms with E-state index in [4.69, 9.17) is 28.3 Å². The molecule has 0 saturated carbocycles. The number of rotatable bonds is 2. The molecule has 0 aliphatic heterocycles. The van der Waals surface area contributed by atoms with Crippen molar-refractivity contribution >= 4 is 29.2 Å². The molecule has 0 aliphatic carbocycles. The van der Waals surface area contributed by atoms with Gasteiger partial charge in [-0.1, -0.05) is 29.3 Å². The van der Waals surface area contributed by atoms with Gasteiger partial charge < -0.3 is 10.1 Å². The van der Waals surface area contributed by atoms with E-state index in [0.717, 1.165) is 10.8 Å². The predicted octanol–water partition coefficient (Wildman–Crippen LogP) is 2.17. The standard InChI is InChI=1S/C10H6Cl2N2O3/c11-5-2-1-3-6(8(5)12)14-7(9(15)16)4-13-10(14)17/h1-4H,(H,13,17)(H,15,16). The van der Waals surface area contributed by atoms with Crippen LogP contribution in [0.1, 0.15) is 10.5 Å². The lowest BCUT2D eigenvalue weighted by atomic mass is 10.3. The lowest BCUT2D eigenvalue weighted by Gasteiger charge is -2.07. The molecule has 17 heavy (non-hydrogen) atoms. The Balaban J connectivity index is 2.77. The summed E-state index contributed by atoms with van der Waals surface area (Å²) in [6.45, 7) is 0. The Morgan fingerprint density at radius 3 is 2.71 bits per heavy atom. The Hall–Kier alpha value is -1.72. The Bertz CT molecular complexity index is 645. The molecule has 2 rings (SSSR count). The quantitative estimate of drug-likeness (QED) is 0.880. The highest BCUT2D eigenvalue weighted by atomic mass is 35.5. The molecule has 0 bridgehead atoms. The predicted molar refractivity (Wildman–Crippen MR) is 63.4 cm³/mol. The number of nitrogens with one attached hydrogen (secondary N) is 1. The number of carboxylic acid groups (broad SMARTS) is 1. The molecule has 7 heteroatoms. The van der Waals surface area contributed by atoms with E-state index < -0.39 is 11.7 Å². The minimum absolute atomic E-state index is 0.123. The fraction of sp³-hybridized carbons (Fsp3) is 0. The number of H-pyrrole nitrogens is 1. The zero-order chi connectivity index (χ0) is 12.6. The third kappa shape index (κ3) is 1.94. The molecule has 2 N–H and O–H groups in total. The summed E-state index contributed by atoms with van der Waals surface area (Å²) in [6, 6.07) is 4.63. The SMILES string of the molecule is O=C(O)c1c[nH]c(=O)n1-c1cccc(Cl)c1Cl. The van der Waals surface area contributed by atoms with Crippen LogP contribution in [0.25, 0.3) is 5.69 Å². The van der Waals surface area contributed by atoms with Crippen molar-refractivity contribution < 1.29 is 9.90 Å². The third-order valence-electron chi connectivity index (χ3n) is 2.17. The zero-order valence-corrected chi connectivity index (χ0v) is 9.79. The molecule has 1 aromatic carbocycles. The lowest BCUT2D eigenvalue weighted by Crippen LogP contribution is -2.19. The molecule has 88 valence electrons. The molecule has 0 radical (unpaired) electrons. The topological polar surface area (TPSA) is 75.1 Å². The number of nitrogens with zero attached hydrogens (tertiary/aromatic N) is 1. The highest BCUT2D eigenvalue weighted by Gasteiger charge is 2.17. The van der Waals surface area contributed by atoms with Gasteiger partial charge in [-0.15, -0.1) is 0 Å². The van der Waals surface area contributed by atoms with E-state index in [2.05, 4.69) is 4.98 Å². The summed E-state index contributed by atoms with van der Waals surface area (Å²) in [5.41, 5.74) is -0.575. The second kappa shape index (κ2) is 4.27. The van der Waals surface area contributed by atoms with Gasteiger partial charge in [0, 0.05) is 6.20 Å². The van der Waals surface area contributed by atoms with Gasteiger partial charge >= 0.3 is 11.7 Å². The van der Waals surface area contributed by atoms with E-state index in [9.17, 15) is 9.59 Å². The molecule has 0 amide bonds. The normalized spacial score (nSPS) is 10.5. The summed E-state index contributed by atoms with van der Waals surface area (Å²) >= 11 is 11.7. The number of halogens is 2. The average molecular weight is 273 g/mol. The highest BCUT2D eigenvalue weighted by Crippen LogP contribution is 2.28. The van der Waals surface area contributed by atoms with Gasteiger partial charge in [-0.2, -0.15) is 0 Å². The smallest absolute Gasteiger partial charge is 0.354 e. The Labute approximate surface area is 105 Å². The highest BCUT2D eigenvalue weighted by molar-refractivity contribution is 6.43. The Morgan fingerprint density at radius 1 is 1.35 bits per heavy atom. The fourth-order valence-electron chi connectivity index (χ4n) is 1.43. The van der Waals surface area contributed by atoms with Gasteiger partial charge in [0.1, 0.15) is 0 Å². The molecular weight excluding hydrogens is 267 g/mol. The van der Waals surface area contributed by atoms with Crippen LogP contribution < -0.4 is 5.69 Å². The van der Waals surface area contributed by atoms with E-state index in [1.165, 1.54) is 6.07 Å². The number of hydrogen-bond donors (Lipinski definition) is 2. The maximum atomic E-state index is 11.6. The van der Waals surface area contributed by atoms with Crippen molar-refractivity contribution in [2.45, 2.75) is 0 Å². The molecule has 0 fully saturated rings. The molecule has 0 unspecified atom stereocenters. The molecule has 0 aliphatic rings. The van der Waals surface area contributed by atoms with Crippen LogP contribution in [0.2, 0.25) is 10.0 Å². The number of imidazole rings is 1. The molecule has 0 atom stereocenters. The minimum Gasteiger partial charge on any atom is -0.477 e. The molecule has 0 spiro atoms. The maximum absolute atomic E-state index is 11.6. The monoisotopic (exact) mass is 272 g/mol. The van der Waals surface area contributed by atoms with Crippen molar-refractivity contribution in [3.63, 3.8) is 0 Å². The van der Waals surface area contributed by atoms with Crippen LogP contribution in [0.4, 0.5) is 0 Å². The van der Waals surface area contributed by atoms with Gasteiger partial charge in [-0.3, -0.25) is 4.57 Å². The zero-order valence-electron chi connectivity index (χ0n) is 8.28. The summed E-state index contributed by atoms with van der Waals surface area (Å²) < 4.78 is 0.955. The fourth-order valence-corrected chi connectivity index (χ4v) is 1.81. The van der Waals surface area contributed by atoms with Gasteiger partial charge in [0.15, 0.2) is 5.69 Å². The van der Waals surface area contributed by atoms with Crippen molar-refractivity contribution in [1.82, 2.24) is 9.55 Å². The van der Waals surface area contributed by atoms with Crippen LogP contribution >= 0.6 is 23.2 Å². The number of aromatic carboxylic acids is 1. The number of hydrogen-bond acceptors (Lipinski definition) is 2. The first-order chi connectivity index (χ1) is 8.02. The summed E-state index contributed by atoms with van der Waals surface area (Å²) in [7, 11) is 0. The Morgan fingerprint density at radius 2 is 2.06 bits per heavy atom. The molecule has 2 aromatic rings. The maximum Gasteiger partial charge on any atom is 0.354 e. The van der Waals surface area contributed by atoms with Crippen LogP contribution in [0.5, 0.6) is 0 Å². The van der Waals surface area contributed by atoms with Gasteiger partial charge in [-0.25, -0.2) is 9.59 Å². The van der Waals surface area contributed by atoms with Crippen molar-refractivity contribution in [3.8, 4) is 5.69 Å². The lowest BCUT2D eigenvalue weighted by molar-refractivity contribution is 0.0688. The summed E-state index contributed by atoms with van der Waals surface area (Å²) in [5.74, 6) is -1.24. The van der Waals surface area contributed by atoms with Crippen LogP contribution in [0.15, 0.2) is 29.2 Å². The van der Waals surface area contributed by atoms with Crippen molar-refractivity contribution in [3.05, 3.63) is 50.6 Å². The van der Waals surface area contributed by atoms with E-state index in [0.29, 0.717) is 0 Å². The molecule has 1 aromatic heterocycles. The average Bonchev–Trinajstić information content (AvgIpc) is 2.65. The van der Waals surface area contributed by atoms with Crippen molar-refractivity contribution in [2.24, 2.45) is 0 Å². The first kappa shape index (κ1) is 11.8. The van der Waals surface area contributed by atoms with E-state index in [-0.39, 0.29) is 21.4 Å². The van der Waals surface area contributed by atoms with Crippen LogP contribution in [-0.2, 0) is 0 Å². The number of benzene rings is 1. The molecule has 1 heterocycles. The van der Waals surface area contributed by atoms with Crippen LogP contribution in [-0.4, -0.2) is 20.6 Å². The van der Waals surface area contributed by atoms with E-state index in [1.807, 2.05) is 0 Å². The van der Waals surface area contributed by atoms with E-state index in [1.54, 1.807) is 12.1 Å². The summed E-state index contributed by atoms with van der Waals surface area (Å²) in [4.78, 5) is 24.8. The number of aromatic nitrogens is 2. The molecule has 5 nitrogen and oxygen atoms in total. The number of carboxylic acids is 1. The second-order valence-electron chi connectivity index (χ2n) is 3.19. The number of carbonyl (C=O) groups is 1. The first-order valence-electron chi connectivity index (χ1n) is 4.50. The summed E-state index contributed by atoms with van der Waals surface area (Å²) in [5, 5.41) is 9.31. The van der Waals surface area contributed by atoms with Crippen molar-refractivity contribution in [2.75, 3.05) is 0 Å². The number of aromatic amines is 1. The van der Waals surface area contributed by atoms with Gasteiger partial charge in [0.2, 0.25) is 0 Å². The first-order valence-corrected chi connectivity index (χ1v) is 5.26. The molecular formula is C10H6Cl2N2O3. The van der Waals surface area contributed by atoms with Crippen LogP contribution in [0.3, 0.4) is 0 Å². The van der Waals surface area contributed by atoms with Gasteiger partial charge in [0.05, 0.1) is 15.7 Å². The van der Waals surface area contributed by atoms with Gasteiger partial charge in [0.25, 0.3) is 0 Å². The third-order valence-corrected chi connectivity index (χ3v) is 2.98.